The lowest BCUT2D eigenvalue weighted by molar-refractivity contribution is -0.130. The zero-order chi connectivity index (χ0) is 16.1. The third kappa shape index (κ3) is 5.50. The zero-order valence-electron chi connectivity index (χ0n) is 14.8. The summed E-state index contributed by atoms with van der Waals surface area (Å²) in [6.07, 6.45) is 1.75. The summed E-state index contributed by atoms with van der Waals surface area (Å²) in [6.45, 7) is 9.41. The van der Waals surface area contributed by atoms with Gasteiger partial charge in [-0.3, -0.25) is 4.79 Å². The van der Waals surface area contributed by atoms with Crippen molar-refractivity contribution in [3.63, 3.8) is 0 Å². The highest BCUT2D eigenvalue weighted by Gasteiger charge is 2.26. The molecule has 1 saturated heterocycles. The molecule has 1 aliphatic rings. The van der Waals surface area contributed by atoms with Crippen molar-refractivity contribution >= 4 is 18.3 Å². The Kier molecular flexibility index (Phi) is 8.07. The molecular weight excluding hydrogens is 308 g/mol. The Hall–Kier alpha value is -1.06. The average molecular weight is 339 g/mol. The quantitative estimate of drug-likeness (QED) is 0.855. The molecule has 1 heterocycles. The molecule has 1 aromatic carbocycles. The van der Waals surface area contributed by atoms with Crippen molar-refractivity contribution < 1.29 is 4.79 Å². The first-order chi connectivity index (χ1) is 10.5. The van der Waals surface area contributed by atoms with Gasteiger partial charge in [-0.25, -0.2) is 0 Å². The summed E-state index contributed by atoms with van der Waals surface area (Å²) in [5.41, 5.74) is 2.63. The van der Waals surface area contributed by atoms with E-state index in [1.165, 1.54) is 11.1 Å². The number of carbonyl (C=O) groups is 1. The van der Waals surface area contributed by atoms with Gasteiger partial charge in [0.2, 0.25) is 5.91 Å². The van der Waals surface area contributed by atoms with Gasteiger partial charge in [0.15, 0.2) is 0 Å². The Morgan fingerprint density at radius 1 is 1.22 bits per heavy atom. The van der Waals surface area contributed by atoms with Crippen LogP contribution in [0.3, 0.4) is 0 Å². The Bertz CT molecular complexity index is 487. The van der Waals surface area contributed by atoms with Crippen LogP contribution < -0.4 is 5.32 Å². The first-order valence-electron chi connectivity index (χ1n) is 8.53. The van der Waals surface area contributed by atoms with E-state index >= 15 is 0 Å². The summed E-state index contributed by atoms with van der Waals surface area (Å²) in [5, 5.41) is 3.21. The molecule has 1 fully saturated rings. The van der Waals surface area contributed by atoms with E-state index in [0.717, 1.165) is 26.1 Å². The summed E-state index contributed by atoms with van der Waals surface area (Å²) in [7, 11) is 1.98. The second-order valence-corrected chi connectivity index (χ2v) is 6.98. The molecule has 0 saturated carbocycles. The Morgan fingerprint density at radius 2 is 1.83 bits per heavy atom. The molecule has 130 valence electrons. The number of rotatable bonds is 6. The maximum atomic E-state index is 12.5. The van der Waals surface area contributed by atoms with Gasteiger partial charge in [0.05, 0.1) is 0 Å². The minimum Gasteiger partial charge on any atom is -0.342 e. The van der Waals surface area contributed by atoms with Gasteiger partial charge >= 0.3 is 0 Å². The molecule has 0 aliphatic carbocycles. The number of carbonyl (C=O) groups excluding carboxylic acids is 1. The van der Waals surface area contributed by atoms with Crippen molar-refractivity contribution in [1.29, 1.82) is 0 Å². The second kappa shape index (κ2) is 9.29. The molecule has 0 aromatic heterocycles. The number of benzene rings is 1. The van der Waals surface area contributed by atoms with Crippen LogP contribution in [0.15, 0.2) is 24.3 Å². The van der Waals surface area contributed by atoms with E-state index in [0.29, 0.717) is 24.2 Å². The molecule has 1 N–H and O–H groups in total. The van der Waals surface area contributed by atoms with Crippen LogP contribution in [0.2, 0.25) is 0 Å². The normalized spacial score (nSPS) is 18.8. The first-order valence-corrected chi connectivity index (χ1v) is 8.53. The molecule has 2 unspecified atom stereocenters. The molecule has 2 atom stereocenters. The number of nitrogens with zero attached hydrogens (tertiary/aromatic N) is 1. The van der Waals surface area contributed by atoms with E-state index in [2.05, 4.69) is 50.4 Å². The lowest BCUT2D eigenvalue weighted by Gasteiger charge is -2.20. The van der Waals surface area contributed by atoms with Crippen molar-refractivity contribution in [3.8, 4) is 0 Å². The number of likely N-dealkylation sites (tertiary alicyclic amines) is 1. The molecule has 1 aromatic rings. The third-order valence-corrected chi connectivity index (χ3v) is 4.78. The van der Waals surface area contributed by atoms with Crippen molar-refractivity contribution in [2.75, 3.05) is 26.7 Å². The second-order valence-electron chi connectivity index (χ2n) is 6.98. The van der Waals surface area contributed by atoms with Gasteiger partial charge in [-0.2, -0.15) is 0 Å². The van der Waals surface area contributed by atoms with E-state index in [1.807, 2.05) is 11.9 Å². The Morgan fingerprint density at radius 3 is 2.39 bits per heavy atom. The molecule has 2 rings (SSSR count). The van der Waals surface area contributed by atoms with E-state index in [1.54, 1.807) is 0 Å². The topological polar surface area (TPSA) is 32.3 Å². The fraction of sp³-hybridized carbons (Fsp3) is 0.632. The monoisotopic (exact) mass is 338 g/mol. The highest BCUT2D eigenvalue weighted by molar-refractivity contribution is 5.85. The molecule has 23 heavy (non-hydrogen) atoms. The lowest BCUT2D eigenvalue weighted by Crippen LogP contribution is -2.31. The van der Waals surface area contributed by atoms with Crippen LogP contribution in [-0.2, 0) is 4.79 Å². The van der Waals surface area contributed by atoms with Crippen molar-refractivity contribution in [2.45, 2.75) is 45.4 Å². The van der Waals surface area contributed by atoms with E-state index in [4.69, 9.17) is 0 Å². The van der Waals surface area contributed by atoms with Crippen molar-refractivity contribution in [2.24, 2.45) is 5.92 Å². The van der Waals surface area contributed by atoms with E-state index in [9.17, 15) is 4.79 Å². The van der Waals surface area contributed by atoms with Gasteiger partial charge in [-0.1, -0.05) is 45.0 Å². The number of hydrogen-bond acceptors (Lipinski definition) is 2. The largest absolute Gasteiger partial charge is 0.342 e. The molecule has 0 spiro atoms. The predicted molar refractivity (Wildman–Crippen MR) is 99.4 cm³/mol. The third-order valence-electron chi connectivity index (χ3n) is 4.78. The summed E-state index contributed by atoms with van der Waals surface area (Å²) >= 11 is 0. The lowest BCUT2D eigenvalue weighted by atomic mass is 9.94. The molecule has 0 bridgehead atoms. The van der Waals surface area contributed by atoms with Crippen LogP contribution >= 0.6 is 12.4 Å². The van der Waals surface area contributed by atoms with Crippen LogP contribution in [-0.4, -0.2) is 37.5 Å². The Balaban J connectivity index is 0.00000264. The van der Waals surface area contributed by atoms with Crippen LogP contribution in [0.1, 0.15) is 56.6 Å². The van der Waals surface area contributed by atoms with Gasteiger partial charge in [0, 0.05) is 19.5 Å². The number of amides is 1. The van der Waals surface area contributed by atoms with Gasteiger partial charge < -0.3 is 10.2 Å². The van der Waals surface area contributed by atoms with Crippen LogP contribution in [0.4, 0.5) is 0 Å². The minimum atomic E-state index is 0. The maximum absolute atomic E-state index is 12.5. The summed E-state index contributed by atoms with van der Waals surface area (Å²) in [6, 6.07) is 8.75. The number of nitrogens with one attached hydrogen (secondary N) is 1. The first kappa shape index (κ1) is 20.0. The standard InChI is InChI=1S/C19H30N2O.ClH/c1-14(2)17-5-7-18(8-6-17)15(3)11-19(22)21-10-9-16(13-21)12-20-4;/h5-8,14-16,20H,9-13H2,1-4H3;1H. The van der Waals surface area contributed by atoms with Crippen LogP contribution in [0.25, 0.3) is 0 Å². The molecule has 1 amide bonds. The maximum Gasteiger partial charge on any atom is 0.223 e. The highest BCUT2D eigenvalue weighted by atomic mass is 35.5. The van der Waals surface area contributed by atoms with Crippen LogP contribution in [0.5, 0.6) is 0 Å². The number of halogens is 1. The summed E-state index contributed by atoms with van der Waals surface area (Å²) in [5.74, 6) is 1.77. The number of hydrogen-bond donors (Lipinski definition) is 1. The van der Waals surface area contributed by atoms with Gasteiger partial charge in [0.25, 0.3) is 0 Å². The molecule has 0 radical (unpaired) electrons. The Labute approximate surface area is 147 Å². The molecule has 3 nitrogen and oxygen atoms in total. The van der Waals surface area contributed by atoms with Crippen LogP contribution in [0, 0.1) is 5.92 Å². The SMILES string of the molecule is CNCC1CCN(C(=O)CC(C)c2ccc(C(C)C)cc2)C1.Cl. The van der Waals surface area contributed by atoms with Gasteiger partial charge in [0.1, 0.15) is 0 Å². The summed E-state index contributed by atoms with van der Waals surface area (Å²) in [4.78, 5) is 14.5. The van der Waals surface area contributed by atoms with Crippen molar-refractivity contribution in [1.82, 2.24) is 10.2 Å². The predicted octanol–water partition coefficient (Wildman–Crippen LogP) is 3.79. The summed E-state index contributed by atoms with van der Waals surface area (Å²) < 4.78 is 0. The van der Waals surface area contributed by atoms with Crippen molar-refractivity contribution in [3.05, 3.63) is 35.4 Å². The molecular formula is C19H31ClN2O. The van der Waals surface area contributed by atoms with E-state index < -0.39 is 0 Å². The molecule has 1 aliphatic heterocycles. The fourth-order valence-corrected chi connectivity index (χ4v) is 3.23. The zero-order valence-corrected chi connectivity index (χ0v) is 15.7. The fourth-order valence-electron chi connectivity index (χ4n) is 3.23. The average Bonchev–Trinajstić information content (AvgIpc) is 2.96. The minimum absolute atomic E-state index is 0. The highest BCUT2D eigenvalue weighted by Crippen LogP contribution is 2.24. The van der Waals surface area contributed by atoms with Gasteiger partial charge in [-0.05, 0) is 48.9 Å². The smallest absolute Gasteiger partial charge is 0.223 e. The van der Waals surface area contributed by atoms with E-state index in [-0.39, 0.29) is 18.3 Å². The van der Waals surface area contributed by atoms with Gasteiger partial charge in [-0.15, -0.1) is 12.4 Å². The molecule has 4 heteroatoms.